The predicted molar refractivity (Wildman–Crippen MR) is 91.6 cm³/mol. The maximum atomic E-state index is 4.54. The predicted octanol–water partition coefficient (Wildman–Crippen LogP) is 2.85. The molecule has 2 aromatic heterocycles. The lowest BCUT2D eigenvalue weighted by Gasteiger charge is -2.23. The lowest BCUT2D eigenvalue weighted by Crippen LogP contribution is -2.26. The van der Waals surface area contributed by atoms with Crippen LogP contribution in [0.5, 0.6) is 0 Å². The molecule has 3 heterocycles. The van der Waals surface area contributed by atoms with Gasteiger partial charge in [-0.15, -0.1) is 11.3 Å². The number of nitrogens with zero attached hydrogens (tertiary/aromatic N) is 4. The van der Waals surface area contributed by atoms with E-state index in [-0.39, 0.29) is 0 Å². The molecule has 6 heteroatoms. The fraction of sp³-hybridized carbons (Fsp3) is 0.625. The fourth-order valence-corrected chi connectivity index (χ4v) is 4.10. The number of anilines is 1. The first-order valence-electron chi connectivity index (χ1n) is 8.23. The van der Waals surface area contributed by atoms with Gasteiger partial charge >= 0.3 is 0 Å². The molecular weight excluding hydrogens is 294 g/mol. The van der Waals surface area contributed by atoms with Crippen LogP contribution in [0.4, 0.5) is 5.13 Å². The Hall–Kier alpha value is -1.40. The molecule has 120 valence electrons. The Morgan fingerprint density at radius 1 is 1.36 bits per heavy atom. The summed E-state index contributed by atoms with van der Waals surface area (Å²) in [6.07, 6.45) is 8.52. The first-order valence-corrected chi connectivity index (χ1v) is 9.04. The van der Waals surface area contributed by atoms with Crippen molar-refractivity contribution in [1.82, 2.24) is 19.9 Å². The highest BCUT2D eigenvalue weighted by molar-refractivity contribution is 7.15. The molecule has 0 spiro atoms. The number of hydrogen-bond acceptors (Lipinski definition) is 5. The lowest BCUT2D eigenvalue weighted by atomic mass is 9.99. The summed E-state index contributed by atoms with van der Waals surface area (Å²) in [5.74, 6) is 1.78. The summed E-state index contributed by atoms with van der Waals surface area (Å²) in [6.45, 7) is 9.39. The topological polar surface area (TPSA) is 46.0 Å². The third-order valence-corrected chi connectivity index (χ3v) is 5.39. The summed E-state index contributed by atoms with van der Waals surface area (Å²) in [7, 11) is 0. The highest BCUT2D eigenvalue weighted by atomic mass is 32.1. The van der Waals surface area contributed by atoms with Gasteiger partial charge in [-0.05, 0) is 26.7 Å². The van der Waals surface area contributed by atoms with Crippen molar-refractivity contribution in [2.24, 2.45) is 0 Å². The second kappa shape index (κ2) is 7.24. The molecular formula is C16H25N5S. The molecule has 2 aromatic rings. The van der Waals surface area contributed by atoms with Crippen LogP contribution < -0.4 is 10.2 Å². The minimum atomic E-state index is 0.541. The van der Waals surface area contributed by atoms with Gasteiger partial charge in [-0.3, -0.25) is 0 Å². The Balaban J connectivity index is 1.52. The van der Waals surface area contributed by atoms with E-state index in [9.17, 15) is 0 Å². The van der Waals surface area contributed by atoms with Crippen molar-refractivity contribution in [1.29, 1.82) is 0 Å². The lowest BCUT2D eigenvalue weighted by molar-refractivity contribution is 0.423. The van der Waals surface area contributed by atoms with Gasteiger partial charge in [0.15, 0.2) is 5.13 Å². The van der Waals surface area contributed by atoms with Gasteiger partial charge in [-0.25, -0.2) is 9.97 Å². The first kappa shape index (κ1) is 15.5. The van der Waals surface area contributed by atoms with Crippen LogP contribution in [0.3, 0.4) is 0 Å². The maximum absolute atomic E-state index is 4.54. The summed E-state index contributed by atoms with van der Waals surface area (Å²) in [5.41, 5.74) is 0. The fourth-order valence-electron chi connectivity index (χ4n) is 3.09. The quantitative estimate of drug-likeness (QED) is 0.852. The number of aryl methyl sites for hydroxylation is 1. The molecule has 0 saturated carbocycles. The molecule has 0 saturated heterocycles. The summed E-state index contributed by atoms with van der Waals surface area (Å²) in [5, 5.41) is 4.72. The molecule has 0 radical (unpaired) electrons. The number of imidazole rings is 1. The van der Waals surface area contributed by atoms with Crippen molar-refractivity contribution in [3.8, 4) is 0 Å². The average Bonchev–Trinajstić information content (AvgIpc) is 3.18. The molecule has 1 aliphatic rings. The number of hydrogen-bond donors (Lipinski definition) is 1. The number of aromatic nitrogens is 3. The monoisotopic (exact) mass is 319 g/mol. The van der Waals surface area contributed by atoms with Gasteiger partial charge in [0.05, 0.1) is 0 Å². The highest BCUT2D eigenvalue weighted by Crippen LogP contribution is 2.25. The van der Waals surface area contributed by atoms with Crippen molar-refractivity contribution in [2.75, 3.05) is 24.5 Å². The maximum Gasteiger partial charge on any atom is 0.185 e. The van der Waals surface area contributed by atoms with Crippen molar-refractivity contribution >= 4 is 16.5 Å². The molecule has 0 aromatic carbocycles. The standard InChI is InChI=1S/C16H25N5S/c1-3-20(4-2)16-19-12-14(22-16)11-17-10-13-6-5-8-21-9-7-18-15(13)21/h7,9,12-13,17H,3-6,8,10-11H2,1-2H3. The Labute approximate surface area is 136 Å². The molecule has 5 nitrogen and oxygen atoms in total. The van der Waals surface area contributed by atoms with E-state index in [2.05, 4.69) is 44.8 Å². The largest absolute Gasteiger partial charge is 0.349 e. The zero-order valence-corrected chi connectivity index (χ0v) is 14.3. The van der Waals surface area contributed by atoms with Gasteiger partial charge in [-0.2, -0.15) is 0 Å². The van der Waals surface area contributed by atoms with Crippen molar-refractivity contribution < 1.29 is 0 Å². The van der Waals surface area contributed by atoms with Crippen LogP contribution in [-0.4, -0.2) is 34.2 Å². The summed E-state index contributed by atoms with van der Waals surface area (Å²) in [4.78, 5) is 12.7. The minimum absolute atomic E-state index is 0.541. The van der Waals surface area contributed by atoms with Gasteiger partial charge in [0.25, 0.3) is 0 Å². The van der Waals surface area contributed by atoms with Crippen LogP contribution >= 0.6 is 11.3 Å². The molecule has 22 heavy (non-hydrogen) atoms. The second-order valence-electron chi connectivity index (χ2n) is 5.73. The van der Waals surface area contributed by atoms with E-state index in [0.717, 1.165) is 37.9 Å². The Morgan fingerprint density at radius 3 is 3.05 bits per heavy atom. The molecule has 0 fully saturated rings. The van der Waals surface area contributed by atoms with E-state index in [1.807, 2.05) is 12.4 Å². The van der Waals surface area contributed by atoms with Gasteiger partial charge in [-0.1, -0.05) is 0 Å². The third-order valence-electron chi connectivity index (χ3n) is 4.33. The van der Waals surface area contributed by atoms with Gasteiger partial charge in [0.2, 0.25) is 0 Å². The molecule has 0 amide bonds. The van der Waals surface area contributed by atoms with Crippen LogP contribution in [0, 0.1) is 0 Å². The zero-order chi connectivity index (χ0) is 15.4. The number of thiazole rings is 1. The van der Waals surface area contributed by atoms with E-state index in [4.69, 9.17) is 0 Å². The van der Waals surface area contributed by atoms with Crippen LogP contribution in [0.25, 0.3) is 0 Å². The van der Waals surface area contributed by atoms with Crippen LogP contribution in [0.1, 0.15) is 43.3 Å². The summed E-state index contributed by atoms with van der Waals surface area (Å²) >= 11 is 1.80. The Kier molecular flexibility index (Phi) is 5.10. The van der Waals surface area contributed by atoms with Crippen LogP contribution in [-0.2, 0) is 13.1 Å². The van der Waals surface area contributed by atoms with Gasteiger partial charge in [0, 0.05) is 62.1 Å². The molecule has 0 aliphatic carbocycles. The Bertz CT molecular complexity index is 587. The van der Waals surface area contributed by atoms with Crippen LogP contribution in [0.15, 0.2) is 18.6 Å². The first-order chi connectivity index (χ1) is 10.8. The van der Waals surface area contributed by atoms with E-state index >= 15 is 0 Å². The molecule has 1 unspecified atom stereocenters. The summed E-state index contributed by atoms with van der Waals surface area (Å²) < 4.78 is 2.29. The molecule has 1 N–H and O–H groups in total. The molecule has 0 bridgehead atoms. The van der Waals surface area contributed by atoms with E-state index in [1.54, 1.807) is 11.3 Å². The molecule has 1 aliphatic heterocycles. The third kappa shape index (κ3) is 3.33. The second-order valence-corrected chi connectivity index (χ2v) is 6.82. The normalized spacial score (nSPS) is 17.5. The number of fused-ring (bicyclic) bond motifs is 1. The number of nitrogens with one attached hydrogen (secondary N) is 1. The zero-order valence-electron chi connectivity index (χ0n) is 13.5. The van der Waals surface area contributed by atoms with Crippen molar-refractivity contribution in [2.45, 2.75) is 45.7 Å². The Morgan fingerprint density at radius 2 is 2.23 bits per heavy atom. The minimum Gasteiger partial charge on any atom is -0.349 e. The smallest absolute Gasteiger partial charge is 0.185 e. The average molecular weight is 319 g/mol. The van der Waals surface area contributed by atoms with Crippen molar-refractivity contribution in [3.05, 3.63) is 29.3 Å². The molecule has 1 atom stereocenters. The summed E-state index contributed by atoms with van der Waals surface area (Å²) in [6, 6.07) is 0. The number of rotatable bonds is 7. The van der Waals surface area contributed by atoms with Crippen LogP contribution in [0.2, 0.25) is 0 Å². The van der Waals surface area contributed by atoms with E-state index in [1.165, 1.54) is 23.5 Å². The highest BCUT2D eigenvalue weighted by Gasteiger charge is 2.20. The van der Waals surface area contributed by atoms with Gasteiger partial charge in [0.1, 0.15) is 5.82 Å². The molecule has 3 rings (SSSR count). The SMILES string of the molecule is CCN(CC)c1ncc(CNCC2CCCn3ccnc32)s1. The van der Waals surface area contributed by atoms with Gasteiger partial charge < -0.3 is 14.8 Å². The van der Waals surface area contributed by atoms with Crippen molar-refractivity contribution in [3.63, 3.8) is 0 Å². The van der Waals surface area contributed by atoms with E-state index < -0.39 is 0 Å². The van der Waals surface area contributed by atoms with E-state index in [0.29, 0.717) is 5.92 Å².